The number of aromatic nitrogens is 3. The molecular weight excluding hydrogens is 292 g/mol. The number of hydrogen-bond acceptors (Lipinski definition) is 3. The Morgan fingerprint density at radius 3 is 3.06 bits per heavy atom. The molecule has 2 aromatic rings. The van der Waals surface area contributed by atoms with Gasteiger partial charge in [0, 0.05) is 17.1 Å². The van der Waals surface area contributed by atoms with Gasteiger partial charge in [-0.15, -0.1) is 5.10 Å². The summed E-state index contributed by atoms with van der Waals surface area (Å²) in [4.78, 5) is 0. The average Bonchev–Trinajstić information content (AvgIpc) is 3.08. The zero-order valence-electron chi connectivity index (χ0n) is 10.2. The zero-order chi connectivity index (χ0) is 12.5. The highest BCUT2D eigenvalue weighted by atomic mass is 79.9. The third-order valence-corrected chi connectivity index (χ3v) is 4.20. The quantitative estimate of drug-likeness (QED) is 0.944. The third-order valence-electron chi connectivity index (χ3n) is 3.17. The summed E-state index contributed by atoms with van der Waals surface area (Å²) >= 11 is 3.62. The van der Waals surface area contributed by atoms with Gasteiger partial charge >= 0.3 is 0 Å². The molecule has 0 amide bonds. The van der Waals surface area contributed by atoms with E-state index >= 15 is 0 Å². The van der Waals surface area contributed by atoms with Crippen molar-refractivity contribution in [3.05, 3.63) is 40.1 Å². The van der Waals surface area contributed by atoms with Crippen LogP contribution in [0.15, 0.2) is 28.9 Å². The summed E-state index contributed by atoms with van der Waals surface area (Å²) in [6.07, 6.45) is 4.40. The molecule has 1 saturated carbocycles. The fourth-order valence-corrected chi connectivity index (χ4v) is 2.34. The maximum absolute atomic E-state index is 4.18. The molecule has 1 N–H and O–H groups in total. The molecule has 0 aliphatic heterocycles. The number of halogens is 1. The first-order valence-electron chi connectivity index (χ1n) is 6.14. The van der Waals surface area contributed by atoms with E-state index in [1.165, 1.54) is 18.4 Å². The van der Waals surface area contributed by atoms with E-state index in [-0.39, 0.29) is 0 Å². The molecule has 1 aliphatic carbocycles. The van der Waals surface area contributed by atoms with E-state index in [1.807, 2.05) is 23.0 Å². The lowest BCUT2D eigenvalue weighted by Gasteiger charge is -2.10. The molecule has 0 atom stereocenters. The molecule has 3 rings (SSSR count). The predicted molar refractivity (Wildman–Crippen MR) is 73.7 cm³/mol. The van der Waals surface area contributed by atoms with E-state index in [9.17, 15) is 0 Å². The van der Waals surface area contributed by atoms with E-state index in [0.717, 1.165) is 22.4 Å². The maximum Gasteiger partial charge on any atom is 0.0811 e. The van der Waals surface area contributed by atoms with E-state index in [0.29, 0.717) is 6.04 Å². The van der Waals surface area contributed by atoms with Crippen molar-refractivity contribution in [1.29, 1.82) is 0 Å². The molecular formula is C13H15BrN4. The van der Waals surface area contributed by atoms with Crippen LogP contribution < -0.4 is 5.32 Å². The summed E-state index contributed by atoms with van der Waals surface area (Å²) in [7, 11) is 0. The normalized spacial score (nSPS) is 15.0. The minimum atomic E-state index is 0.689. The number of rotatable bonds is 4. The maximum atomic E-state index is 4.18. The topological polar surface area (TPSA) is 42.7 Å². The molecule has 18 heavy (non-hydrogen) atoms. The highest BCUT2D eigenvalue weighted by Crippen LogP contribution is 2.25. The molecule has 1 aromatic carbocycles. The fraction of sp³-hybridized carbons (Fsp3) is 0.385. The Labute approximate surface area is 115 Å². The highest BCUT2D eigenvalue weighted by molar-refractivity contribution is 9.10. The lowest BCUT2D eigenvalue weighted by Crippen LogP contribution is -2.18. The zero-order valence-corrected chi connectivity index (χ0v) is 11.8. The minimum absolute atomic E-state index is 0.689. The third kappa shape index (κ3) is 2.33. The first-order valence-corrected chi connectivity index (χ1v) is 6.93. The van der Waals surface area contributed by atoms with Gasteiger partial charge in [-0.1, -0.05) is 17.3 Å². The van der Waals surface area contributed by atoms with Crippen LogP contribution in [0.25, 0.3) is 5.69 Å². The Balaban J connectivity index is 1.90. The molecule has 0 unspecified atom stereocenters. The molecule has 0 saturated heterocycles. The SMILES string of the molecule is Cc1cccc(-n2nncc2CNC2CC2)c1Br. The van der Waals surface area contributed by atoms with Crippen molar-refractivity contribution in [3.8, 4) is 5.69 Å². The van der Waals surface area contributed by atoms with E-state index in [4.69, 9.17) is 0 Å². The van der Waals surface area contributed by atoms with Gasteiger partial charge in [0.05, 0.1) is 17.6 Å². The molecule has 1 aromatic heterocycles. The Morgan fingerprint density at radius 2 is 2.28 bits per heavy atom. The monoisotopic (exact) mass is 306 g/mol. The highest BCUT2D eigenvalue weighted by Gasteiger charge is 2.21. The molecule has 5 heteroatoms. The van der Waals surface area contributed by atoms with Crippen LogP contribution in [-0.2, 0) is 6.54 Å². The van der Waals surface area contributed by atoms with Crippen LogP contribution in [0.1, 0.15) is 24.1 Å². The average molecular weight is 307 g/mol. The van der Waals surface area contributed by atoms with Crippen LogP contribution in [0.3, 0.4) is 0 Å². The number of benzene rings is 1. The van der Waals surface area contributed by atoms with Gasteiger partial charge in [-0.05, 0) is 47.3 Å². The summed E-state index contributed by atoms with van der Waals surface area (Å²) in [5, 5.41) is 11.7. The van der Waals surface area contributed by atoms with E-state index in [2.05, 4.69) is 44.5 Å². The largest absolute Gasteiger partial charge is 0.308 e. The second-order valence-corrected chi connectivity index (χ2v) is 5.49. The van der Waals surface area contributed by atoms with Gasteiger partial charge in [0.15, 0.2) is 0 Å². The Morgan fingerprint density at radius 1 is 1.44 bits per heavy atom. The van der Waals surface area contributed by atoms with Crippen LogP contribution >= 0.6 is 15.9 Å². The molecule has 0 bridgehead atoms. The first kappa shape index (κ1) is 11.9. The van der Waals surface area contributed by atoms with E-state index in [1.54, 1.807) is 0 Å². The Kier molecular flexibility index (Phi) is 3.18. The first-order chi connectivity index (χ1) is 8.75. The van der Waals surface area contributed by atoms with Gasteiger partial charge in [-0.3, -0.25) is 0 Å². The van der Waals surface area contributed by atoms with Crippen molar-refractivity contribution >= 4 is 15.9 Å². The van der Waals surface area contributed by atoms with Crippen LogP contribution in [0, 0.1) is 6.92 Å². The van der Waals surface area contributed by atoms with Crippen molar-refractivity contribution < 1.29 is 0 Å². The second-order valence-electron chi connectivity index (χ2n) is 4.70. The van der Waals surface area contributed by atoms with Crippen LogP contribution in [0.4, 0.5) is 0 Å². The summed E-state index contributed by atoms with van der Waals surface area (Å²) in [6, 6.07) is 6.85. The Bertz CT molecular complexity index is 560. The van der Waals surface area contributed by atoms with Gasteiger partial charge in [0.25, 0.3) is 0 Å². The van der Waals surface area contributed by atoms with Crippen molar-refractivity contribution in [2.24, 2.45) is 0 Å². The van der Waals surface area contributed by atoms with Crippen molar-refractivity contribution in [2.45, 2.75) is 32.4 Å². The standard InChI is InChI=1S/C13H15BrN4/c1-9-3-2-4-12(13(9)14)18-11(8-16-17-18)7-15-10-5-6-10/h2-4,8,10,15H,5-7H2,1H3. The number of nitrogens with one attached hydrogen (secondary N) is 1. The molecule has 0 radical (unpaired) electrons. The molecule has 1 fully saturated rings. The van der Waals surface area contributed by atoms with Gasteiger partial charge in [0.1, 0.15) is 0 Å². The summed E-state index contributed by atoms with van der Waals surface area (Å²) in [5.41, 5.74) is 3.33. The molecule has 4 nitrogen and oxygen atoms in total. The predicted octanol–water partition coefficient (Wildman–Crippen LogP) is 2.59. The van der Waals surface area contributed by atoms with Crippen LogP contribution in [-0.4, -0.2) is 21.0 Å². The Hall–Kier alpha value is -1.20. The van der Waals surface area contributed by atoms with Gasteiger partial charge < -0.3 is 5.32 Å². The lowest BCUT2D eigenvalue weighted by atomic mass is 10.2. The van der Waals surface area contributed by atoms with Crippen molar-refractivity contribution in [3.63, 3.8) is 0 Å². The smallest absolute Gasteiger partial charge is 0.0811 e. The lowest BCUT2D eigenvalue weighted by molar-refractivity contribution is 0.646. The second kappa shape index (κ2) is 4.82. The molecule has 0 spiro atoms. The molecule has 94 valence electrons. The fourth-order valence-electron chi connectivity index (χ4n) is 1.91. The number of hydrogen-bond donors (Lipinski definition) is 1. The van der Waals surface area contributed by atoms with Crippen molar-refractivity contribution in [2.75, 3.05) is 0 Å². The van der Waals surface area contributed by atoms with Crippen LogP contribution in [0.5, 0.6) is 0 Å². The van der Waals surface area contributed by atoms with Gasteiger partial charge in [-0.25, -0.2) is 4.68 Å². The molecule has 1 heterocycles. The molecule has 1 aliphatic rings. The number of aryl methyl sites for hydroxylation is 1. The summed E-state index contributed by atoms with van der Waals surface area (Å²) in [5.74, 6) is 0. The number of nitrogens with zero attached hydrogens (tertiary/aromatic N) is 3. The summed E-state index contributed by atoms with van der Waals surface area (Å²) < 4.78 is 2.97. The van der Waals surface area contributed by atoms with Gasteiger partial charge in [-0.2, -0.15) is 0 Å². The van der Waals surface area contributed by atoms with Crippen LogP contribution in [0.2, 0.25) is 0 Å². The van der Waals surface area contributed by atoms with Crippen molar-refractivity contribution in [1.82, 2.24) is 20.3 Å². The van der Waals surface area contributed by atoms with E-state index < -0.39 is 0 Å². The summed E-state index contributed by atoms with van der Waals surface area (Å²) in [6.45, 7) is 2.89. The minimum Gasteiger partial charge on any atom is -0.308 e. The van der Waals surface area contributed by atoms with Gasteiger partial charge in [0.2, 0.25) is 0 Å².